The molecule has 0 bridgehead atoms. The third-order valence-corrected chi connectivity index (χ3v) is 2.66. The fourth-order valence-electron chi connectivity index (χ4n) is 1.91. The Morgan fingerprint density at radius 2 is 2.47 bits per heavy atom. The van der Waals surface area contributed by atoms with Gasteiger partial charge in [-0.25, -0.2) is 0 Å². The van der Waals surface area contributed by atoms with Crippen molar-refractivity contribution in [2.24, 2.45) is 5.92 Å². The summed E-state index contributed by atoms with van der Waals surface area (Å²) in [4.78, 5) is 10.7. The Balaban J connectivity index is 1.93. The van der Waals surface area contributed by atoms with Crippen molar-refractivity contribution in [1.82, 2.24) is 14.9 Å². The van der Waals surface area contributed by atoms with E-state index in [-0.39, 0.29) is 0 Å². The van der Waals surface area contributed by atoms with Crippen LogP contribution in [0.5, 0.6) is 0 Å². The number of aromatic nitrogens is 2. The number of nitrogens with zero attached hydrogens (tertiary/aromatic N) is 3. The molecule has 0 amide bonds. The highest BCUT2D eigenvalue weighted by atomic mass is 16.5. The molecule has 0 aliphatic carbocycles. The first kappa shape index (κ1) is 10.5. The molecule has 4 nitrogen and oxygen atoms in total. The SMILES string of the molecule is CN1CCOC[C@@H](Cc2cnccn2)C1. The molecular weight excluding hydrogens is 190 g/mol. The topological polar surface area (TPSA) is 38.2 Å². The van der Waals surface area contributed by atoms with E-state index < -0.39 is 0 Å². The first-order chi connectivity index (χ1) is 7.34. The van der Waals surface area contributed by atoms with Gasteiger partial charge in [0.1, 0.15) is 0 Å². The summed E-state index contributed by atoms with van der Waals surface area (Å²) in [6.07, 6.45) is 6.25. The van der Waals surface area contributed by atoms with Crippen molar-refractivity contribution in [2.75, 3.05) is 33.4 Å². The molecule has 0 radical (unpaired) electrons. The Bertz CT molecular complexity index is 291. The van der Waals surface area contributed by atoms with Gasteiger partial charge >= 0.3 is 0 Å². The summed E-state index contributed by atoms with van der Waals surface area (Å²) in [5.41, 5.74) is 1.06. The molecule has 0 saturated carbocycles. The van der Waals surface area contributed by atoms with E-state index in [0.29, 0.717) is 5.92 Å². The van der Waals surface area contributed by atoms with Crippen LogP contribution in [-0.2, 0) is 11.2 Å². The van der Waals surface area contributed by atoms with Gasteiger partial charge in [-0.3, -0.25) is 9.97 Å². The molecule has 1 aliphatic rings. The van der Waals surface area contributed by atoms with E-state index in [1.165, 1.54) is 0 Å². The van der Waals surface area contributed by atoms with E-state index in [0.717, 1.165) is 38.4 Å². The normalized spacial score (nSPS) is 23.7. The maximum atomic E-state index is 5.56. The largest absolute Gasteiger partial charge is 0.380 e. The van der Waals surface area contributed by atoms with Crippen molar-refractivity contribution in [1.29, 1.82) is 0 Å². The molecule has 4 heteroatoms. The first-order valence-corrected chi connectivity index (χ1v) is 5.36. The van der Waals surface area contributed by atoms with Crippen LogP contribution >= 0.6 is 0 Å². The van der Waals surface area contributed by atoms with Gasteiger partial charge < -0.3 is 9.64 Å². The molecule has 1 aromatic rings. The Labute approximate surface area is 90.3 Å². The Kier molecular flexibility index (Phi) is 3.64. The Hall–Kier alpha value is -1.00. The summed E-state index contributed by atoms with van der Waals surface area (Å²) in [6, 6.07) is 0. The minimum atomic E-state index is 0.536. The fourth-order valence-corrected chi connectivity index (χ4v) is 1.91. The average molecular weight is 207 g/mol. The van der Waals surface area contributed by atoms with E-state index in [1.807, 2.05) is 6.20 Å². The minimum absolute atomic E-state index is 0.536. The lowest BCUT2D eigenvalue weighted by atomic mass is 10.0. The van der Waals surface area contributed by atoms with Crippen molar-refractivity contribution in [2.45, 2.75) is 6.42 Å². The molecule has 0 N–H and O–H groups in total. The van der Waals surface area contributed by atoms with Crippen LogP contribution < -0.4 is 0 Å². The summed E-state index contributed by atoms with van der Waals surface area (Å²) in [5.74, 6) is 0.536. The third kappa shape index (κ3) is 3.25. The van der Waals surface area contributed by atoms with Crippen molar-refractivity contribution < 1.29 is 4.74 Å². The van der Waals surface area contributed by atoms with Crippen LogP contribution in [0.3, 0.4) is 0 Å². The number of hydrogen-bond donors (Lipinski definition) is 0. The van der Waals surface area contributed by atoms with Crippen molar-refractivity contribution in [3.8, 4) is 0 Å². The number of rotatable bonds is 2. The van der Waals surface area contributed by atoms with Crippen LogP contribution in [-0.4, -0.2) is 48.2 Å². The minimum Gasteiger partial charge on any atom is -0.380 e. The van der Waals surface area contributed by atoms with Crippen molar-refractivity contribution in [3.63, 3.8) is 0 Å². The summed E-state index contributed by atoms with van der Waals surface area (Å²) in [5, 5.41) is 0. The molecule has 0 spiro atoms. The Morgan fingerprint density at radius 3 is 3.27 bits per heavy atom. The standard InChI is InChI=1S/C11H17N3O/c1-14-4-5-15-9-10(8-14)6-11-7-12-2-3-13-11/h2-3,7,10H,4-6,8-9H2,1H3/t10-/m0/s1. The molecule has 1 atom stereocenters. The third-order valence-electron chi connectivity index (χ3n) is 2.66. The second-order valence-corrected chi connectivity index (χ2v) is 4.10. The molecule has 0 aromatic carbocycles. The number of ether oxygens (including phenoxy) is 1. The van der Waals surface area contributed by atoms with Crippen LogP contribution in [0.2, 0.25) is 0 Å². The second-order valence-electron chi connectivity index (χ2n) is 4.10. The van der Waals surface area contributed by atoms with Gasteiger partial charge in [0.25, 0.3) is 0 Å². The van der Waals surface area contributed by atoms with Gasteiger partial charge in [-0.2, -0.15) is 0 Å². The van der Waals surface area contributed by atoms with Crippen LogP contribution in [0.1, 0.15) is 5.69 Å². The maximum Gasteiger partial charge on any atom is 0.0593 e. The zero-order valence-electron chi connectivity index (χ0n) is 9.09. The average Bonchev–Trinajstić information content (AvgIpc) is 2.44. The Morgan fingerprint density at radius 1 is 1.53 bits per heavy atom. The zero-order chi connectivity index (χ0) is 10.5. The van der Waals surface area contributed by atoms with E-state index in [4.69, 9.17) is 4.74 Å². The summed E-state index contributed by atoms with van der Waals surface area (Å²) in [7, 11) is 2.14. The quantitative estimate of drug-likeness (QED) is 0.711. The van der Waals surface area contributed by atoms with Crippen LogP contribution in [0.15, 0.2) is 18.6 Å². The molecule has 1 fully saturated rings. The maximum absolute atomic E-state index is 5.56. The van der Waals surface area contributed by atoms with Gasteiger partial charge in [0.05, 0.1) is 18.9 Å². The highest BCUT2D eigenvalue weighted by Gasteiger charge is 2.16. The lowest BCUT2D eigenvalue weighted by molar-refractivity contribution is 0.122. The van der Waals surface area contributed by atoms with Crippen LogP contribution in [0, 0.1) is 5.92 Å². The lowest BCUT2D eigenvalue weighted by Gasteiger charge is -2.18. The van der Waals surface area contributed by atoms with Crippen molar-refractivity contribution >= 4 is 0 Å². The van der Waals surface area contributed by atoms with Gasteiger partial charge in [-0.05, 0) is 13.5 Å². The highest BCUT2D eigenvalue weighted by molar-refractivity contribution is 4.96. The molecule has 1 aliphatic heterocycles. The lowest BCUT2D eigenvalue weighted by Crippen LogP contribution is -2.27. The molecule has 0 unspecified atom stereocenters. The fraction of sp³-hybridized carbons (Fsp3) is 0.636. The monoisotopic (exact) mass is 207 g/mol. The van der Waals surface area contributed by atoms with Gasteiger partial charge in [0.2, 0.25) is 0 Å². The molecule has 2 heterocycles. The van der Waals surface area contributed by atoms with E-state index in [1.54, 1.807) is 12.4 Å². The second kappa shape index (κ2) is 5.19. The predicted octanol–water partition coefficient (Wildman–Crippen LogP) is 0.597. The highest BCUT2D eigenvalue weighted by Crippen LogP contribution is 2.10. The summed E-state index contributed by atoms with van der Waals surface area (Å²) >= 11 is 0. The molecular formula is C11H17N3O. The van der Waals surface area contributed by atoms with E-state index >= 15 is 0 Å². The summed E-state index contributed by atoms with van der Waals surface area (Å²) < 4.78 is 5.56. The molecule has 1 saturated heterocycles. The van der Waals surface area contributed by atoms with Crippen molar-refractivity contribution in [3.05, 3.63) is 24.3 Å². The smallest absolute Gasteiger partial charge is 0.0593 e. The van der Waals surface area contributed by atoms with E-state index in [9.17, 15) is 0 Å². The van der Waals surface area contributed by atoms with E-state index in [2.05, 4.69) is 21.9 Å². The molecule has 2 rings (SSSR count). The number of hydrogen-bond acceptors (Lipinski definition) is 4. The van der Waals surface area contributed by atoms with Gasteiger partial charge in [0, 0.05) is 37.6 Å². The van der Waals surface area contributed by atoms with Gasteiger partial charge in [-0.15, -0.1) is 0 Å². The zero-order valence-corrected chi connectivity index (χ0v) is 9.09. The molecule has 15 heavy (non-hydrogen) atoms. The first-order valence-electron chi connectivity index (χ1n) is 5.36. The summed E-state index contributed by atoms with van der Waals surface area (Å²) in [6.45, 7) is 3.78. The van der Waals surface area contributed by atoms with Gasteiger partial charge in [-0.1, -0.05) is 0 Å². The predicted molar refractivity (Wildman–Crippen MR) is 57.5 cm³/mol. The van der Waals surface area contributed by atoms with Gasteiger partial charge in [0.15, 0.2) is 0 Å². The van der Waals surface area contributed by atoms with Crippen LogP contribution in [0.25, 0.3) is 0 Å². The number of likely N-dealkylation sites (N-methyl/N-ethyl adjacent to an activating group) is 1. The molecule has 1 aromatic heterocycles. The van der Waals surface area contributed by atoms with Crippen LogP contribution in [0.4, 0.5) is 0 Å². The molecule has 82 valence electrons.